The molecule has 0 N–H and O–H groups in total. The Hall–Kier alpha value is -2.93. The van der Waals surface area contributed by atoms with Crippen LogP contribution in [0.1, 0.15) is 16.7 Å². The fourth-order valence-electron chi connectivity index (χ4n) is 4.71. The van der Waals surface area contributed by atoms with Gasteiger partial charge >= 0.3 is 0 Å². The number of anilines is 1. The summed E-state index contributed by atoms with van der Waals surface area (Å²) in [6.45, 7) is 5.67. The van der Waals surface area contributed by atoms with E-state index in [0.29, 0.717) is 19.5 Å². The van der Waals surface area contributed by atoms with Crippen LogP contribution in [0.25, 0.3) is 0 Å². The van der Waals surface area contributed by atoms with Crippen LogP contribution in [-0.4, -0.2) is 69.4 Å². The zero-order valence-corrected chi connectivity index (χ0v) is 18.2. The summed E-state index contributed by atoms with van der Waals surface area (Å²) < 4.78 is 16.5. The fraction of sp³-hybridized carbons (Fsp3) is 0.458. The summed E-state index contributed by atoms with van der Waals surface area (Å²) in [6.07, 6.45) is 1.17. The third-order valence-corrected chi connectivity index (χ3v) is 6.55. The summed E-state index contributed by atoms with van der Waals surface area (Å²) >= 11 is 0. The molecular weight excluding hydrogens is 394 g/mol. The SMILES string of the molecule is COc1ccc(N2CCN(C)CC2)c2c1CCN(C(=O)Cc1ccc3c(c1)OCO3)C2. The number of carbonyl (C=O) groups excluding carboxylic acids is 1. The maximum atomic E-state index is 13.2. The van der Waals surface area contributed by atoms with Crippen molar-refractivity contribution in [2.45, 2.75) is 19.4 Å². The Labute approximate surface area is 183 Å². The number of piperazine rings is 1. The monoisotopic (exact) mass is 423 g/mol. The smallest absolute Gasteiger partial charge is 0.231 e. The molecule has 7 heteroatoms. The van der Waals surface area contributed by atoms with Crippen LogP contribution in [-0.2, 0) is 24.2 Å². The molecule has 0 atom stereocenters. The Morgan fingerprint density at radius 1 is 1.00 bits per heavy atom. The van der Waals surface area contributed by atoms with Gasteiger partial charge in [0.2, 0.25) is 12.7 Å². The highest BCUT2D eigenvalue weighted by Gasteiger charge is 2.28. The number of ether oxygens (including phenoxy) is 3. The first-order chi connectivity index (χ1) is 15.1. The molecule has 0 saturated carbocycles. The number of hydrogen-bond acceptors (Lipinski definition) is 6. The Morgan fingerprint density at radius 2 is 1.81 bits per heavy atom. The average molecular weight is 424 g/mol. The molecule has 1 fully saturated rings. The molecule has 3 heterocycles. The van der Waals surface area contributed by atoms with Crippen LogP contribution in [0.2, 0.25) is 0 Å². The van der Waals surface area contributed by atoms with Crippen molar-refractivity contribution < 1.29 is 19.0 Å². The highest BCUT2D eigenvalue weighted by molar-refractivity contribution is 5.80. The van der Waals surface area contributed by atoms with Gasteiger partial charge < -0.3 is 28.9 Å². The maximum Gasteiger partial charge on any atom is 0.231 e. The normalized spacial score (nSPS) is 18.1. The van der Waals surface area contributed by atoms with Gasteiger partial charge in [0, 0.05) is 56.1 Å². The predicted molar refractivity (Wildman–Crippen MR) is 118 cm³/mol. The molecule has 0 aliphatic carbocycles. The number of methoxy groups -OCH3 is 1. The van der Waals surface area contributed by atoms with Gasteiger partial charge in [-0.1, -0.05) is 6.07 Å². The van der Waals surface area contributed by atoms with E-state index in [4.69, 9.17) is 14.2 Å². The fourth-order valence-corrected chi connectivity index (χ4v) is 4.71. The van der Waals surface area contributed by atoms with Gasteiger partial charge in [-0.2, -0.15) is 0 Å². The molecule has 3 aliphatic heterocycles. The highest BCUT2D eigenvalue weighted by Crippen LogP contribution is 2.36. The van der Waals surface area contributed by atoms with Gasteiger partial charge in [0.25, 0.3) is 0 Å². The van der Waals surface area contributed by atoms with Crippen LogP contribution in [0.15, 0.2) is 30.3 Å². The number of nitrogens with zero attached hydrogens (tertiary/aromatic N) is 3. The number of amides is 1. The molecule has 7 nitrogen and oxygen atoms in total. The molecule has 164 valence electrons. The van der Waals surface area contributed by atoms with Gasteiger partial charge in [-0.15, -0.1) is 0 Å². The number of rotatable bonds is 4. The van der Waals surface area contributed by atoms with Crippen molar-refractivity contribution in [3.8, 4) is 17.2 Å². The second kappa shape index (κ2) is 8.30. The third-order valence-electron chi connectivity index (χ3n) is 6.55. The first-order valence-corrected chi connectivity index (χ1v) is 10.9. The third kappa shape index (κ3) is 3.90. The Kier molecular flexibility index (Phi) is 5.36. The molecule has 31 heavy (non-hydrogen) atoms. The lowest BCUT2D eigenvalue weighted by atomic mass is 9.95. The standard InChI is InChI=1S/C24H29N3O4/c1-25-9-11-26(12-10-25)20-4-6-21(29-2)18-7-8-27(15-19(18)20)24(28)14-17-3-5-22-23(13-17)31-16-30-22/h3-6,13H,7-12,14-16H2,1-2H3. The van der Waals surface area contributed by atoms with Crippen LogP contribution >= 0.6 is 0 Å². The average Bonchev–Trinajstić information content (AvgIpc) is 3.26. The van der Waals surface area contributed by atoms with E-state index in [1.165, 1.54) is 16.8 Å². The molecule has 2 aromatic rings. The van der Waals surface area contributed by atoms with E-state index in [0.717, 1.165) is 55.4 Å². The zero-order valence-electron chi connectivity index (χ0n) is 18.2. The number of fused-ring (bicyclic) bond motifs is 2. The van der Waals surface area contributed by atoms with Gasteiger partial charge in [0.1, 0.15) is 5.75 Å². The lowest BCUT2D eigenvalue weighted by molar-refractivity contribution is -0.131. The number of benzene rings is 2. The summed E-state index contributed by atoms with van der Waals surface area (Å²) in [6, 6.07) is 9.98. The van der Waals surface area contributed by atoms with E-state index >= 15 is 0 Å². The Bertz CT molecular complexity index is 985. The first kappa shape index (κ1) is 20.0. The van der Waals surface area contributed by atoms with Gasteiger partial charge in [0.05, 0.1) is 13.5 Å². The van der Waals surface area contributed by atoms with Gasteiger partial charge in [-0.3, -0.25) is 4.79 Å². The highest BCUT2D eigenvalue weighted by atomic mass is 16.7. The second-order valence-electron chi connectivity index (χ2n) is 8.46. The van der Waals surface area contributed by atoms with Gasteiger partial charge in [-0.05, 0) is 43.3 Å². The summed E-state index contributed by atoms with van der Waals surface area (Å²) in [5, 5.41) is 0. The van der Waals surface area contributed by atoms with Crippen molar-refractivity contribution in [3.05, 3.63) is 47.0 Å². The van der Waals surface area contributed by atoms with Crippen LogP contribution in [0.4, 0.5) is 5.69 Å². The quantitative estimate of drug-likeness (QED) is 0.752. The predicted octanol–water partition coefficient (Wildman–Crippen LogP) is 2.30. The van der Waals surface area contributed by atoms with E-state index in [1.807, 2.05) is 23.1 Å². The zero-order chi connectivity index (χ0) is 21.4. The number of carbonyl (C=O) groups is 1. The second-order valence-corrected chi connectivity index (χ2v) is 8.46. The summed E-state index contributed by atoms with van der Waals surface area (Å²) in [4.78, 5) is 19.9. The molecule has 0 spiro atoms. The summed E-state index contributed by atoms with van der Waals surface area (Å²) in [5.74, 6) is 2.52. The van der Waals surface area contributed by atoms with E-state index in [9.17, 15) is 4.79 Å². The van der Waals surface area contributed by atoms with Crippen LogP contribution < -0.4 is 19.1 Å². The molecular formula is C24H29N3O4. The number of likely N-dealkylation sites (N-methyl/N-ethyl adjacent to an activating group) is 1. The van der Waals surface area contributed by atoms with Gasteiger partial charge in [-0.25, -0.2) is 0 Å². The molecule has 3 aliphatic rings. The number of hydrogen-bond donors (Lipinski definition) is 0. The Morgan fingerprint density at radius 3 is 2.61 bits per heavy atom. The van der Waals surface area contributed by atoms with Crippen molar-refractivity contribution in [2.75, 3.05) is 58.6 Å². The lowest BCUT2D eigenvalue weighted by Gasteiger charge is -2.38. The molecule has 1 amide bonds. The largest absolute Gasteiger partial charge is 0.496 e. The lowest BCUT2D eigenvalue weighted by Crippen LogP contribution is -2.45. The van der Waals surface area contributed by atoms with Crippen molar-refractivity contribution in [2.24, 2.45) is 0 Å². The summed E-state index contributed by atoms with van der Waals surface area (Å²) in [7, 11) is 3.89. The minimum Gasteiger partial charge on any atom is -0.496 e. The van der Waals surface area contributed by atoms with Crippen LogP contribution in [0.5, 0.6) is 17.2 Å². The molecule has 0 bridgehead atoms. The van der Waals surface area contributed by atoms with Gasteiger partial charge in [0.15, 0.2) is 11.5 Å². The molecule has 1 saturated heterocycles. The molecule has 0 aromatic heterocycles. The topological polar surface area (TPSA) is 54.5 Å². The minimum absolute atomic E-state index is 0.136. The van der Waals surface area contributed by atoms with Crippen molar-refractivity contribution >= 4 is 11.6 Å². The van der Waals surface area contributed by atoms with Crippen molar-refractivity contribution in [1.82, 2.24) is 9.80 Å². The van der Waals surface area contributed by atoms with E-state index in [-0.39, 0.29) is 12.7 Å². The minimum atomic E-state index is 0.136. The van der Waals surface area contributed by atoms with E-state index in [2.05, 4.69) is 29.0 Å². The van der Waals surface area contributed by atoms with E-state index in [1.54, 1.807) is 7.11 Å². The summed E-state index contributed by atoms with van der Waals surface area (Å²) in [5.41, 5.74) is 4.66. The molecule has 5 rings (SSSR count). The molecule has 2 aromatic carbocycles. The van der Waals surface area contributed by atoms with Crippen molar-refractivity contribution in [3.63, 3.8) is 0 Å². The first-order valence-electron chi connectivity index (χ1n) is 10.9. The van der Waals surface area contributed by atoms with Crippen LogP contribution in [0.3, 0.4) is 0 Å². The van der Waals surface area contributed by atoms with Crippen LogP contribution in [0, 0.1) is 0 Å². The molecule has 0 radical (unpaired) electrons. The Balaban J connectivity index is 1.36. The van der Waals surface area contributed by atoms with Crippen molar-refractivity contribution in [1.29, 1.82) is 0 Å². The molecule has 0 unspecified atom stereocenters. The maximum absolute atomic E-state index is 13.2. The van der Waals surface area contributed by atoms with E-state index < -0.39 is 0 Å².